The average Bonchev–Trinajstić information content (AvgIpc) is 2.04. The van der Waals surface area contributed by atoms with E-state index in [0.717, 1.165) is 0 Å². The molecule has 13 heavy (non-hydrogen) atoms. The zero-order chi connectivity index (χ0) is 9.84. The minimum atomic E-state index is -0.225. The Kier molecular flexibility index (Phi) is 3.14. The van der Waals surface area contributed by atoms with E-state index in [1.165, 1.54) is 19.2 Å². The predicted molar refractivity (Wildman–Crippen MR) is 48.9 cm³/mol. The van der Waals surface area contributed by atoms with Crippen molar-refractivity contribution in [3.63, 3.8) is 0 Å². The molecule has 0 fully saturated rings. The van der Waals surface area contributed by atoms with Crippen molar-refractivity contribution >= 4 is 23.2 Å². The maximum Gasteiger partial charge on any atom is 0.171 e. The summed E-state index contributed by atoms with van der Waals surface area (Å²) in [6.45, 7) is 1.38. The van der Waals surface area contributed by atoms with Gasteiger partial charge in [-0.3, -0.25) is 9.59 Å². The lowest BCUT2D eigenvalue weighted by atomic mass is 10.1. The molecular formula is C9H8ClNO2. The van der Waals surface area contributed by atoms with E-state index in [0.29, 0.717) is 10.7 Å². The minimum absolute atomic E-state index is 0.0800. The van der Waals surface area contributed by atoms with E-state index < -0.39 is 0 Å². The van der Waals surface area contributed by atoms with Crippen molar-refractivity contribution in [2.45, 2.75) is 13.3 Å². The first-order valence-electron chi connectivity index (χ1n) is 3.74. The number of pyridine rings is 1. The van der Waals surface area contributed by atoms with Gasteiger partial charge in [0.15, 0.2) is 5.78 Å². The topological polar surface area (TPSA) is 47.0 Å². The summed E-state index contributed by atoms with van der Waals surface area (Å²) >= 11 is 5.53. The highest BCUT2D eigenvalue weighted by molar-refractivity contribution is 6.29. The van der Waals surface area contributed by atoms with Crippen molar-refractivity contribution in [3.8, 4) is 0 Å². The summed E-state index contributed by atoms with van der Waals surface area (Å²) < 4.78 is 0. The van der Waals surface area contributed by atoms with Gasteiger partial charge < -0.3 is 0 Å². The molecule has 0 spiro atoms. The first-order chi connectivity index (χ1) is 6.09. The van der Waals surface area contributed by atoms with E-state index >= 15 is 0 Å². The zero-order valence-electron chi connectivity index (χ0n) is 7.08. The fourth-order valence-corrected chi connectivity index (χ4v) is 0.981. The number of hydrogen-bond donors (Lipinski definition) is 0. The van der Waals surface area contributed by atoms with Crippen molar-refractivity contribution in [2.75, 3.05) is 0 Å². The van der Waals surface area contributed by atoms with E-state index in [-0.39, 0.29) is 18.0 Å². The fourth-order valence-electron chi connectivity index (χ4n) is 0.869. The molecule has 1 heterocycles. The molecule has 0 bridgehead atoms. The van der Waals surface area contributed by atoms with Gasteiger partial charge in [-0.15, -0.1) is 0 Å². The molecule has 0 aromatic carbocycles. The van der Waals surface area contributed by atoms with Gasteiger partial charge in [0.2, 0.25) is 0 Å². The molecule has 1 aromatic heterocycles. The number of ketones is 2. The van der Waals surface area contributed by atoms with Gasteiger partial charge in [-0.1, -0.05) is 11.6 Å². The Labute approximate surface area is 80.7 Å². The molecule has 4 heteroatoms. The summed E-state index contributed by atoms with van der Waals surface area (Å²) in [6.07, 6.45) is 1.29. The molecule has 0 aliphatic rings. The van der Waals surface area contributed by atoms with Crippen LogP contribution in [0.4, 0.5) is 0 Å². The smallest absolute Gasteiger partial charge is 0.171 e. The molecule has 0 aliphatic heterocycles. The van der Waals surface area contributed by atoms with E-state index in [2.05, 4.69) is 4.98 Å². The molecule has 0 saturated heterocycles. The van der Waals surface area contributed by atoms with Crippen LogP contribution in [0.5, 0.6) is 0 Å². The van der Waals surface area contributed by atoms with Crippen molar-refractivity contribution in [3.05, 3.63) is 29.0 Å². The number of carbonyl (C=O) groups is 2. The second-order valence-electron chi connectivity index (χ2n) is 2.67. The van der Waals surface area contributed by atoms with Crippen LogP contribution in [-0.4, -0.2) is 16.6 Å². The van der Waals surface area contributed by atoms with Crippen molar-refractivity contribution in [2.24, 2.45) is 0 Å². The highest BCUT2D eigenvalue weighted by Crippen LogP contribution is 2.07. The number of nitrogens with zero attached hydrogens (tertiary/aromatic N) is 1. The van der Waals surface area contributed by atoms with Crippen LogP contribution in [0.3, 0.4) is 0 Å². The molecule has 68 valence electrons. The summed E-state index contributed by atoms with van der Waals surface area (Å²) in [6, 6.07) is 3.08. The lowest BCUT2D eigenvalue weighted by Crippen LogP contribution is -2.04. The lowest BCUT2D eigenvalue weighted by Gasteiger charge is -1.96. The van der Waals surface area contributed by atoms with Gasteiger partial charge in [0, 0.05) is 11.8 Å². The highest BCUT2D eigenvalue weighted by Gasteiger charge is 2.08. The van der Waals surface area contributed by atoms with E-state index in [1.54, 1.807) is 6.07 Å². The maximum atomic E-state index is 11.3. The van der Waals surface area contributed by atoms with Gasteiger partial charge in [0.25, 0.3) is 0 Å². The van der Waals surface area contributed by atoms with Gasteiger partial charge >= 0.3 is 0 Å². The van der Waals surface area contributed by atoms with Crippen molar-refractivity contribution in [1.29, 1.82) is 0 Å². The largest absolute Gasteiger partial charge is 0.300 e. The van der Waals surface area contributed by atoms with E-state index in [9.17, 15) is 9.59 Å². The zero-order valence-corrected chi connectivity index (χ0v) is 7.84. The van der Waals surface area contributed by atoms with Crippen LogP contribution in [-0.2, 0) is 4.79 Å². The van der Waals surface area contributed by atoms with Crippen LogP contribution in [0, 0.1) is 0 Å². The Morgan fingerprint density at radius 2 is 2.15 bits per heavy atom. The Morgan fingerprint density at radius 3 is 2.62 bits per heavy atom. The summed E-state index contributed by atoms with van der Waals surface area (Å²) in [4.78, 5) is 25.6. The average molecular weight is 198 g/mol. The summed E-state index contributed by atoms with van der Waals surface area (Å²) in [5, 5.41) is 0.333. The molecule has 0 N–H and O–H groups in total. The number of halogens is 1. The molecule has 3 nitrogen and oxygen atoms in total. The molecule has 0 aliphatic carbocycles. The first-order valence-corrected chi connectivity index (χ1v) is 4.11. The van der Waals surface area contributed by atoms with Crippen molar-refractivity contribution < 1.29 is 9.59 Å². The molecule has 0 radical (unpaired) electrons. The molecular weight excluding hydrogens is 190 g/mol. The van der Waals surface area contributed by atoms with Crippen LogP contribution in [0.1, 0.15) is 23.7 Å². The van der Waals surface area contributed by atoms with Gasteiger partial charge in [-0.05, 0) is 19.1 Å². The second-order valence-corrected chi connectivity index (χ2v) is 3.06. The highest BCUT2D eigenvalue weighted by atomic mass is 35.5. The van der Waals surface area contributed by atoms with Crippen LogP contribution < -0.4 is 0 Å². The van der Waals surface area contributed by atoms with Crippen molar-refractivity contribution in [1.82, 2.24) is 4.98 Å². The Morgan fingerprint density at radius 1 is 1.46 bits per heavy atom. The summed E-state index contributed by atoms with van der Waals surface area (Å²) in [5.74, 6) is -0.378. The summed E-state index contributed by atoms with van der Waals surface area (Å²) in [7, 11) is 0. The molecule has 0 amide bonds. The Bertz CT molecular complexity index is 332. The number of rotatable bonds is 3. The summed E-state index contributed by atoms with van der Waals surface area (Å²) in [5.41, 5.74) is 0.416. The van der Waals surface area contributed by atoms with Crippen LogP contribution in [0.15, 0.2) is 18.3 Å². The molecule has 1 rings (SSSR count). The third-order valence-corrected chi connectivity index (χ3v) is 1.68. The normalized spacial score (nSPS) is 9.69. The van der Waals surface area contributed by atoms with Crippen LogP contribution in [0.25, 0.3) is 0 Å². The minimum Gasteiger partial charge on any atom is -0.300 e. The fraction of sp³-hybridized carbons (Fsp3) is 0.222. The van der Waals surface area contributed by atoms with Gasteiger partial charge in [0.1, 0.15) is 10.9 Å². The Hall–Kier alpha value is -1.22. The van der Waals surface area contributed by atoms with Crippen LogP contribution >= 0.6 is 11.6 Å². The van der Waals surface area contributed by atoms with Gasteiger partial charge in [0.05, 0.1) is 6.42 Å². The SMILES string of the molecule is CC(=O)CC(=O)c1ccc(Cl)nc1. The number of Topliss-reactive ketones (excluding diaryl/α,β-unsaturated/α-hetero) is 2. The van der Waals surface area contributed by atoms with E-state index in [4.69, 9.17) is 11.6 Å². The van der Waals surface area contributed by atoms with E-state index in [1.807, 2.05) is 0 Å². The molecule has 1 aromatic rings. The Balaban J connectivity index is 2.78. The number of aromatic nitrogens is 1. The molecule has 0 saturated carbocycles. The first kappa shape index (κ1) is 9.86. The monoisotopic (exact) mass is 197 g/mol. The standard InChI is InChI=1S/C9H8ClNO2/c1-6(12)4-8(13)7-2-3-9(10)11-5-7/h2-3,5H,4H2,1H3. The van der Waals surface area contributed by atoms with Gasteiger partial charge in [-0.2, -0.15) is 0 Å². The lowest BCUT2D eigenvalue weighted by molar-refractivity contribution is -0.116. The third-order valence-electron chi connectivity index (χ3n) is 1.46. The molecule has 0 atom stereocenters. The number of hydrogen-bond acceptors (Lipinski definition) is 3. The predicted octanol–water partition coefficient (Wildman–Crippen LogP) is 1.90. The van der Waals surface area contributed by atoms with Gasteiger partial charge in [-0.25, -0.2) is 4.98 Å². The number of carbonyl (C=O) groups excluding carboxylic acids is 2. The molecule has 0 unspecified atom stereocenters. The van der Waals surface area contributed by atoms with Crippen LogP contribution in [0.2, 0.25) is 5.15 Å². The quantitative estimate of drug-likeness (QED) is 0.422. The second kappa shape index (κ2) is 4.14. The third kappa shape index (κ3) is 2.95. The maximum absolute atomic E-state index is 11.3.